The topological polar surface area (TPSA) is 59.5 Å². The van der Waals surface area contributed by atoms with Gasteiger partial charge >= 0.3 is 0 Å². The highest BCUT2D eigenvalue weighted by atomic mass is 32.1. The lowest BCUT2D eigenvalue weighted by molar-refractivity contribution is -0.115. The molecule has 3 aromatic rings. The monoisotopic (exact) mass is 406 g/mol. The van der Waals surface area contributed by atoms with Gasteiger partial charge in [-0.1, -0.05) is 12.1 Å². The molecule has 29 heavy (non-hydrogen) atoms. The van der Waals surface area contributed by atoms with Gasteiger partial charge in [-0.05, 0) is 67.5 Å². The van der Waals surface area contributed by atoms with Crippen LogP contribution in [0.1, 0.15) is 34.1 Å². The summed E-state index contributed by atoms with van der Waals surface area (Å²) in [4.78, 5) is 30.7. The molecule has 0 fully saturated rings. The number of methoxy groups -OCH3 is 1. The Morgan fingerprint density at radius 2 is 1.79 bits per heavy atom. The zero-order valence-electron chi connectivity index (χ0n) is 16.8. The molecule has 0 spiro atoms. The maximum absolute atomic E-state index is 12.4. The van der Waals surface area contributed by atoms with Gasteiger partial charge in [0.2, 0.25) is 5.91 Å². The van der Waals surface area contributed by atoms with Crippen LogP contribution < -0.4 is 9.64 Å². The van der Waals surface area contributed by atoms with Crippen LogP contribution in [0.2, 0.25) is 0 Å². The first kappa shape index (κ1) is 20.5. The maximum Gasteiger partial charge on any atom is 0.230 e. The van der Waals surface area contributed by atoms with Gasteiger partial charge in [0.05, 0.1) is 18.5 Å². The highest BCUT2D eigenvalue weighted by Crippen LogP contribution is 2.30. The van der Waals surface area contributed by atoms with Crippen LogP contribution in [0.3, 0.4) is 0 Å². The van der Waals surface area contributed by atoms with Crippen molar-refractivity contribution in [2.45, 2.75) is 20.8 Å². The number of aryl methyl sites for hydroxylation is 2. The first-order valence-electron chi connectivity index (χ1n) is 9.09. The van der Waals surface area contributed by atoms with Gasteiger partial charge < -0.3 is 4.74 Å². The summed E-state index contributed by atoms with van der Waals surface area (Å²) in [7, 11) is 1.59. The Balaban J connectivity index is 1.80. The third-order valence-corrected chi connectivity index (χ3v) is 5.39. The van der Waals surface area contributed by atoms with E-state index < -0.39 is 0 Å². The number of thiazole rings is 1. The number of anilines is 2. The molecular formula is C23H22N2O3S. The fourth-order valence-electron chi connectivity index (χ4n) is 2.77. The van der Waals surface area contributed by atoms with E-state index in [1.807, 2.05) is 37.4 Å². The number of allylic oxidation sites excluding steroid dienone is 1. The van der Waals surface area contributed by atoms with Crippen LogP contribution in [0.15, 0.2) is 53.9 Å². The molecule has 0 aliphatic rings. The van der Waals surface area contributed by atoms with E-state index >= 15 is 0 Å². The van der Waals surface area contributed by atoms with Crippen molar-refractivity contribution in [2.24, 2.45) is 0 Å². The standard InChI is InChI=1S/C23H22N2O3S/c1-15-5-6-18(13-16(15)2)22(27)12-7-19-14-29-23(24-19)25(17(3)26)20-8-10-21(28-4)11-9-20/h5-14H,1-4H3/b12-7+. The number of aromatic nitrogens is 1. The SMILES string of the molecule is COc1ccc(N(C(C)=O)c2nc(/C=C/C(=O)c3ccc(C)c(C)c3)cs2)cc1. The number of nitrogens with zero attached hydrogens (tertiary/aromatic N) is 2. The largest absolute Gasteiger partial charge is 0.497 e. The molecule has 0 bridgehead atoms. The molecule has 6 heteroatoms. The number of hydrogen-bond donors (Lipinski definition) is 0. The summed E-state index contributed by atoms with van der Waals surface area (Å²) in [5, 5.41) is 2.36. The van der Waals surface area contributed by atoms with Crippen molar-refractivity contribution < 1.29 is 14.3 Å². The second-order valence-electron chi connectivity index (χ2n) is 6.60. The molecule has 3 rings (SSSR count). The number of ketones is 1. The fraction of sp³-hybridized carbons (Fsp3) is 0.174. The van der Waals surface area contributed by atoms with Gasteiger partial charge in [-0.2, -0.15) is 0 Å². The molecule has 2 aromatic carbocycles. The van der Waals surface area contributed by atoms with E-state index in [-0.39, 0.29) is 11.7 Å². The van der Waals surface area contributed by atoms with Crippen LogP contribution in [0.4, 0.5) is 10.8 Å². The van der Waals surface area contributed by atoms with Crippen LogP contribution in [0.5, 0.6) is 5.75 Å². The third-order valence-electron chi connectivity index (χ3n) is 4.54. The molecule has 0 saturated carbocycles. The fourth-order valence-corrected chi connectivity index (χ4v) is 3.62. The van der Waals surface area contributed by atoms with Crippen LogP contribution in [0.25, 0.3) is 6.08 Å². The van der Waals surface area contributed by atoms with Gasteiger partial charge in [-0.25, -0.2) is 4.98 Å². The van der Waals surface area contributed by atoms with Crippen molar-refractivity contribution in [3.8, 4) is 5.75 Å². The lowest BCUT2D eigenvalue weighted by atomic mass is 10.0. The first-order valence-corrected chi connectivity index (χ1v) is 9.97. The summed E-state index contributed by atoms with van der Waals surface area (Å²) in [5.74, 6) is 0.484. The van der Waals surface area contributed by atoms with Crippen molar-refractivity contribution in [1.82, 2.24) is 4.98 Å². The summed E-state index contributed by atoms with van der Waals surface area (Å²) in [6.45, 7) is 5.49. The molecule has 148 valence electrons. The number of carbonyl (C=O) groups excluding carboxylic acids is 2. The van der Waals surface area contributed by atoms with Gasteiger partial charge in [0.1, 0.15) is 5.75 Å². The number of amides is 1. The van der Waals surface area contributed by atoms with Gasteiger partial charge in [0, 0.05) is 17.9 Å². The zero-order chi connectivity index (χ0) is 21.0. The minimum Gasteiger partial charge on any atom is -0.497 e. The molecule has 5 nitrogen and oxygen atoms in total. The van der Waals surface area contributed by atoms with Crippen LogP contribution in [-0.2, 0) is 4.79 Å². The van der Waals surface area contributed by atoms with E-state index in [9.17, 15) is 9.59 Å². The second kappa shape index (κ2) is 8.84. The predicted octanol–water partition coefficient (Wildman–Crippen LogP) is 5.35. The van der Waals surface area contributed by atoms with Gasteiger partial charge in [-0.15, -0.1) is 11.3 Å². The lowest BCUT2D eigenvalue weighted by Crippen LogP contribution is -2.22. The molecule has 0 N–H and O–H groups in total. The summed E-state index contributed by atoms with van der Waals surface area (Å²) in [5.41, 5.74) is 4.20. The number of rotatable bonds is 6. The Kier molecular flexibility index (Phi) is 6.24. The number of ether oxygens (including phenoxy) is 1. The molecule has 0 radical (unpaired) electrons. The smallest absolute Gasteiger partial charge is 0.230 e. The van der Waals surface area contributed by atoms with E-state index in [2.05, 4.69) is 4.98 Å². The van der Waals surface area contributed by atoms with E-state index in [4.69, 9.17) is 4.74 Å². The molecule has 0 aliphatic heterocycles. The average Bonchev–Trinajstić information content (AvgIpc) is 3.17. The van der Waals surface area contributed by atoms with Gasteiger partial charge in [-0.3, -0.25) is 14.5 Å². The van der Waals surface area contributed by atoms with Gasteiger partial charge in [0.15, 0.2) is 10.9 Å². The lowest BCUT2D eigenvalue weighted by Gasteiger charge is -2.18. The molecule has 0 aliphatic carbocycles. The normalized spacial score (nSPS) is 10.9. The maximum atomic E-state index is 12.4. The Bertz CT molecular complexity index is 1070. The summed E-state index contributed by atoms with van der Waals surface area (Å²) >= 11 is 1.34. The number of hydrogen-bond acceptors (Lipinski definition) is 5. The quantitative estimate of drug-likeness (QED) is 0.409. The molecule has 0 atom stereocenters. The Hall–Kier alpha value is -3.25. The highest BCUT2D eigenvalue weighted by molar-refractivity contribution is 7.14. The molecule has 1 heterocycles. The highest BCUT2D eigenvalue weighted by Gasteiger charge is 2.17. The Labute approximate surface area is 174 Å². The van der Waals surface area contributed by atoms with E-state index in [0.29, 0.717) is 27.8 Å². The van der Waals surface area contributed by atoms with E-state index in [1.165, 1.54) is 29.2 Å². The van der Waals surface area contributed by atoms with Gasteiger partial charge in [0.25, 0.3) is 0 Å². The molecular weight excluding hydrogens is 384 g/mol. The zero-order valence-corrected chi connectivity index (χ0v) is 17.6. The number of benzene rings is 2. The molecule has 1 aromatic heterocycles. The minimum absolute atomic E-state index is 0.0822. The van der Waals surface area contributed by atoms with Crippen LogP contribution in [0, 0.1) is 13.8 Å². The number of carbonyl (C=O) groups is 2. The third kappa shape index (κ3) is 4.78. The van der Waals surface area contributed by atoms with Crippen molar-refractivity contribution in [1.29, 1.82) is 0 Å². The predicted molar refractivity (Wildman–Crippen MR) is 117 cm³/mol. The Morgan fingerprint density at radius 3 is 2.41 bits per heavy atom. The van der Waals surface area contributed by atoms with Crippen molar-refractivity contribution in [3.05, 3.63) is 76.3 Å². The minimum atomic E-state index is -0.147. The van der Waals surface area contributed by atoms with Crippen LogP contribution >= 0.6 is 11.3 Å². The summed E-state index contributed by atoms with van der Waals surface area (Å²) in [6.07, 6.45) is 3.18. The molecule has 1 amide bonds. The van der Waals surface area contributed by atoms with Crippen LogP contribution in [-0.4, -0.2) is 23.8 Å². The average molecular weight is 407 g/mol. The van der Waals surface area contributed by atoms with Crippen molar-refractivity contribution in [2.75, 3.05) is 12.0 Å². The van der Waals surface area contributed by atoms with Crippen molar-refractivity contribution in [3.63, 3.8) is 0 Å². The van der Waals surface area contributed by atoms with Crippen molar-refractivity contribution >= 4 is 39.9 Å². The van der Waals surface area contributed by atoms with E-state index in [0.717, 1.165) is 11.1 Å². The summed E-state index contributed by atoms with van der Waals surface area (Å²) in [6, 6.07) is 12.8. The Morgan fingerprint density at radius 1 is 1.07 bits per heavy atom. The second-order valence-corrected chi connectivity index (χ2v) is 7.44. The summed E-state index contributed by atoms with van der Waals surface area (Å²) < 4.78 is 5.17. The first-order chi connectivity index (χ1) is 13.9. The van der Waals surface area contributed by atoms with E-state index in [1.54, 1.807) is 37.5 Å². The molecule has 0 unspecified atom stereocenters. The molecule has 0 saturated heterocycles.